The number of aromatic carboxylic acids is 1. The third-order valence-corrected chi connectivity index (χ3v) is 4.33. The Morgan fingerprint density at radius 2 is 1.43 bits per heavy atom. The van der Waals surface area contributed by atoms with Gasteiger partial charge in [-0.15, -0.1) is 0 Å². The van der Waals surface area contributed by atoms with Crippen molar-refractivity contribution in [3.63, 3.8) is 0 Å². The molecule has 1 aromatic carbocycles. The number of carboxylic acid groups (broad SMARTS) is 1. The van der Waals surface area contributed by atoms with Crippen molar-refractivity contribution < 1.29 is 63.1 Å². The summed E-state index contributed by atoms with van der Waals surface area (Å²) in [6.45, 7) is 2.31. The molecule has 0 atom stereocenters. The number of hydrogen-bond donors (Lipinski definition) is 3. The molecule has 0 aliphatic rings. The van der Waals surface area contributed by atoms with Gasteiger partial charge < -0.3 is 11.6 Å². The van der Waals surface area contributed by atoms with Crippen LogP contribution in [0.1, 0.15) is 82.9 Å². The molecule has 0 amide bonds. The summed E-state index contributed by atoms with van der Waals surface area (Å²) in [5.74, 6) is -1.31. The van der Waals surface area contributed by atoms with E-state index in [1.165, 1.54) is 57.1 Å². The molecule has 0 unspecified atom stereocenters. The van der Waals surface area contributed by atoms with Crippen LogP contribution in [0.5, 0.6) is 5.75 Å². The van der Waals surface area contributed by atoms with Crippen LogP contribution in [-0.2, 0) is 14.6 Å². The maximum Gasteiger partial charge on any atom is 1.00 e. The summed E-state index contributed by atoms with van der Waals surface area (Å²) in [6, 6.07) is 5.81. The van der Waals surface area contributed by atoms with Crippen LogP contribution >= 0.6 is 0 Å². The molecule has 7 nitrogen and oxygen atoms in total. The average Bonchev–Trinajstić information content (AvgIpc) is 2.59. The number of benzene rings is 1. The molecule has 28 heavy (non-hydrogen) atoms. The van der Waals surface area contributed by atoms with E-state index >= 15 is 0 Å². The summed E-state index contributed by atoms with van der Waals surface area (Å²) in [5.41, 5.74) is -0.0671. The van der Waals surface area contributed by atoms with Crippen molar-refractivity contribution in [1.82, 2.24) is 0 Å². The molecule has 0 saturated carbocycles. The zero-order valence-electron chi connectivity index (χ0n) is 18.0. The molecule has 0 aliphatic heterocycles. The predicted molar refractivity (Wildman–Crippen MR) is 106 cm³/mol. The van der Waals surface area contributed by atoms with Crippen LogP contribution in [0.25, 0.3) is 0 Å². The van der Waals surface area contributed by atoms with Gasteiger partial charge in [0.1, 0.15) is 11.3 Å². The van der Waals surface area contributed by atoms with Crippen LogP contribution < -0.4 is 29.6 Å². The van der Waals surface area contributed by atoms with Crippen molar-refractivity contribution in [2.75, 3.05) is 6.61 Å². The molecule has 0 fully saturated rings. The molecular formula is C19H33NaO7S. The number of phenols is 1. The predicted octanol–water partition coefficient (Wildman–Crippen LogP) is 1.93. The molecule has 3 N–H and O–H groups in total. The van der Waals surface area contributed by atoms with E-state index < -0.39 is 16.4 Å². The number of para-hydroxylation sites is 1. The molecular weight excluding hydrogens is 395 g/mol. The van der Waals surface area contributed by atoms with E-state index in [0.717, 1.165) is 12.8 Å². The molecule has 0 radical (unpaired) electrons. The number of carbonyl (C=O) groups is 1. The first-order valence-corrected chi connectivity index (χ1v) is 10.8. The number of rotatable bonds is 13. The molecule has 0 aliphatic carbocycles. The van der Waals surface area contributed by atoms with Crippen LogP contribution in [0.15, 0.2) is 24.3 Å². The Morgan fingerprint density at radius 1 is 0.964 bits per heavy atom. The van der Waals surface area contributed by atoms with Gasteiger partial charge in [-0.1, -0.05) is 76.8 Å². The minimum Gasteiger partial charge on any atom is -1.00 e. The van der Waals surface area contributed by atoms with Crippen LogP contribution in [0.3, 0.4) is 0 Å². The van der Waals surface area contributed by atoms with Crippen molar-refractivity contribution in [2.45, 2.75) is 71.1 Å². The monoisotopic (exact) mass is 428 g/mol. The Bertz CT molecular complexity index is 627. The zero-order valence-corrected chi connectivity index (χ0v) is 19.8. The number of carboxylic acids is 1. The summed E-state index contributed by atoms with van der Waals surface area (Å²) >= 11 is 0. The Kier molecular flexibility index (Phi) is 19.4. The largest absolute Gasteiger partial charge is 1.00 e. The Hall–Kier alpha value is -0.640. The second kappa shape index (κ2) is 18.4. The third kappa shape index (κ3) is 18.7. The minimum atomic E-state index is -4.23. The quantitative estimate of drug-likeness (QED) is 0.249. The van der Waals surface area contributed by atoms with Crippen molar-refractivity contribution in [2.24, 2.45) is 0 Å². The molecule has 0 aromatic heterocycles. The molecule has 1 rings (SSSR count). The average molecular weight is 429 g/mol. The summed E-state index contributed by atoms with van der Waals surface area (Å²) in [7, 11) is -4.23. The van der Waals surface area contributed by atoms with Crippen molar-refractivity contribution >= 4 is 16.4 Å². The first kappa shape index (κ1) is 29.6. The minimum absolute atomic E-state index is 0. The molecule has 158 valence electrons. The SMILES string of the molecule is CCCCCCCCCCCCOS(=O)(=O)O.O=C(O)c1ccccc1O.[H-].[Na+]. The maximum atomic E-state index is 10.3. The van der Waals surface area contributed by atoms with Crippen LogP contribution in [0.2, 0.25) is 0 Å². The van der Waals surface area contributed by atoms with E-state index in [0.29, 0.717) is 6.42 Å². The summed E-state index contributed by atoms with van der Waals surface area (Å²) in [6.07, 6.45) is 11.9. The van der Waals surface area contributed by atoms with Gasteiger partial charge in [0.05, 0.1) is 6.61 Å². The first-order valence-electron chi connectivity index (χ1n) is 9.41. The summed E-state index contributed by atoms with van der Waals surface area (Å²) in [4.78, 5) is 10.3. The Balaban J connectivity index is -0.000000484. The van der Waals surface area contributed by atoms with Gasteiger partial charge in [-0.3, -0.25) is 4.55 Å². The Labute approximate surface area is 192 Å². The smallest absolute Gasteiger partial charge is 1.00 e. The normalized spacial score (nSPS) is 10.5. The molecule has 0 saturated heterocycles. The van der Waals surface area contributed by atoms with E-state index in [9.17, 15) is 13.2 Å². The fourth-order valence-corrected chi connectivity index (χ4v) is 2.74. The maximum absolute atomic E-state index is 10.3. The second-order valence-electron chi connectivity index (χ2n) is 6.25. The van der Waals surface area contributed by atoms with Gasteiger partial charge in [0.15, 0.2) is 0 Å². The van der Waals surface area contributed by atoms with E-state index in [-0.39, 0.29) is 48.9 Å². The Morgan fingerprint density at radius 3 is 1.82 bits per heavy atom. The topological polar surface area (TPSA) is 121 Å². The second-order valence-corrected chi connectivity index (χ2v) is 7.35. The fraction of sp³-hybridized carbons (Fsp3) is 0.632. The van der Waals surface area contributed by atoms with Crippen LogP contribution in [0.4, 0.5) is 0 Å². The zero-order chi connectivity index (χ0) is 20.5. The van der Waals surface area contributed by atoms with Crippen LogP contribution in [0, 0.1) is 0 Å². The van der Waals surface area contributed by atoms with E-state index in [1.54, 1.807) is 12.1 Å². The molecule has 0 spiro atoms. The van der Waals surface area contributed by atoms with Gasteiger partial charge in [0.2, 0.25) is 0 Å². The molecule has 9 heteroatoms. The van der Waals surface area contributed by atoms with E-state index in [2.05, 4.69) is 11.1 Å². The van der Waals surface area contributed by atoms with Gasteiger partial charge in [0.25, 0.3) is 0 Å². The van der Waals surface area contributed by atoms with Gasteiger partial charge >= 0.3 is 45.9 Å². The van der Waals surface area contributed by atoms with E-state index in [4.69, 9.17) is 14.8 Å². The number of unbranched alkanes of at least 4 members (excludes halogenated alkanes) is 9. The number of aromatic hydroxyl groups is 1. The molecule has 1 aromatic rings. The van der Waals surface area contributed by atoms with Crippen molar-refractivity contribution in [3.05, 3.63) is 29.8 Å². The van der Waals surface area contributed by atoms with Gasteiger partial charge in [-0.2, -0.15) is 8.42 Å². The number of hydrogen-bond acceptors (Lipinski definition) is 5. The molecule has 0 heterocycles. The summed E-state index contributed by atoms with van der Waals surface area (Å²) in [5, 5.41) is 17.3. The van der Waals surface area contributed by atoms with Gasteiger partial charge in [-0.05, 0) is 18.6 Å². The molecule has 0 bridgehead atoms. The van der Waals surface area contributed by atoms with Crippen molar-refractivity contribution in [1.29, 1.82) is 0 Å². The summed E-state index contributed by atoms with van der Waals surface area (Å²) < 4.78 is 33.0. The fourth-order valence-electron chi connectivity index (χ4n) is 2.41. The third-order valence-electron chi connectivity index (χ3n) is 3.86. The first-order chi connectivity index (χ1) is 12.8. The standard InChI is InChI=1S/C12H26O4S.C7H6O3.Na.H/c1-2-3-4-5-6-7-8-9-10-11-12-16-17(13,14)15;8-6-4-2-1-3-5(6)7(9)10;;/h2-12H2,1H3,(H,13,14,15);1-4,8H,(H,9,10);;/q;;+1;-1. The van der Waals surface area contributed by atoms with Crippen LogP contribution in [-0.4, -0.2) is 35.8 Å². The van der Waals surface area contributed by atoms with Gasteiger partial charge in [-0.25, -0.2) is 8.98 Å². The van der Waals surface area contributed by atoms with Crippen molar-refractivity contribution in [3.8, 4) is 5.75 Å². The van der Waals surface area contributed by atoms with Gasteiger partial charge in [0, 0.05) is 0 Å². The van der Waals surface area contributed by atoms with E-state index in [1.807, 2.05) is 0 Å².